The van der Waals surface area contributed by atoms with Gasteiger partial charge in [0.1, 0.15) is 10.8 Å². The Morgan fingerprint density at radius 1 is 1.13 bits per heavy atom. The van der Waals surface area contributed by atoms with Crippen molar-refractivity contribution in [3.05, 3.63) is 47.1 Å². The van der Waals surface area contributed by atoms with E-state index >= 15 is 0 Å². The van der Waals surface area contributed by atoms with Crippen LogP contribution in [0.1, 0.15) is 0 Å². The third-order valence-corrected chi connectivity index (χ3v) is 3.32. The number of rotatable bonds is 2. The summed E-state index contributed by atoms with van der Waals surface area (Å²) in [5, 5.41) is 10.2. The fourth-order valence-electron chi connectivity index (χ4n) is 1.08. The lowest BCUT2D eigenvalue weighted by atomic mass is 10.4. The van der Waals surface area contributed by atoms with E-state index in [4.69, 9.17) is 0 Å². The van der Waals surface area contributed by atoms with Gasteiger partial charge in [0.15, 0.2) is 0 Å². The number of hydrogen-bond acceptors (Lipinski definition) is 3. The second kappa shape index (κ2) is 4.68. The highest BCUT2D eigenvalue weighted by Crippen LogP contribution is 2.32. The second-order valence-corrected chi connectivity index (χ2v) is 4.86. The van der Waals surface area contributed by atoms with Crippen LogP contribution in [-0.4, -0.2) is 10.1 Å². The molecule has 0 atom stereocenters. The molecule has 0 saturated carbocycles. The van der Waals surface area contributed by atoms with Gasteiger partial charge in [-0.05, 0) is 36.4 Å². The lowest BCUT2D eigenvalue weighted by molar-refractivity contribution is 0.457. The number of benzene rings is 1. The van der Waals surface area contributed by atoms with Gasteiger partial charge >= 0.3 is 0 Å². The van der Waals surface area contributed by atoms with Crippen LogP contribution in [0.25, 0.3) is 0 Å². The van der Waals surface area contributed by atoms with Crippen LogP contribution in [0.15, 0.2) is 57.0 Å². The van der Waals surface area contributed by atoms with Crippen molar-refractivity contribution in [2.24, 2.45) is 0 Å². The zero-order chi connectivity index (χ0) is 10.7. The molecule has 0 aliphatic carbocycles. The van der Waals surface area contributed by atoms with Gasteiger partial charge in [-0.1, -0.05) is 27.7 Å². The van der Waals surface area contributed by atoms with Gasteiger partial charge in [0, 0.05) is 15.6 Å². The molecule has 1 aromatic heterocycles. The minimum absolute atomic E-state index is 0.213. The lowest BCUT2D eigenvalue weighted by Crippen LogP contribution is -1.79. The molecule has 0 radical (unpaired) electrons. The van der Waals surface area contributed by atoms with E-state index in [2.05, 4.69) is 20.9 Å². The predicted molar refractivity (Wildman–Crippen MR) is 64.2 cm³/mol. The molecule has 1 N–H and O–H groups in total. The number of aromatic hydroxyl groups is 1. The van der Waals surface area contributed by atoms with Gasteiger partial charge in [-0.3, -0.25) is 0 Å². The first-order chi connectivity index (χ1) is 7.25. The van der Waals surface area contributed by atoms with Gasteiger partial charge in [-0.25, -0.2) is 4.98 Å². The Morgan fingerprint density at radius 2 is 1.87 bits per heavy atom. The van der Waals surface area contributed by atoms with Crippen LogP contribution in [0.5, 0.6) is 5.75 Å². The van der Waals surface area contributed by atoms with Gasteiger partial charge in [-0.15, -0.1) is 0 Å². The van der Waals surface area contributed by atoms with E-state index in [1.165, 1.54) is 11.8 Å². The van der Waals surface area contributed by atoms with Crippen molar-refractivity contribution in [2.75, 3.05) is 0 Å². The summed E-state index contributed by atoms with van der Waals surface area (Å²) in [5.41, 5.74) is 0. The largest absolute Gasteiger partial charge is 0.505 e. The van der Waals surface area contributed by atoms with E-state index in [9.17, 15) is 5.11 Å². The molecule has 2 rings (SSSR count). The smallest absolute Gasteiger partial charge is 0.148 e. The Hall–Kier alpha value is -1.00. The maximum absolute atomic E-state index is 9.53. The molecule has 1 heterocycles. The Kier molecular flexibility index (Phi) is 3.28. The zero-order valence-corrected chi connectivity index (χ0v) is 10.1. The van der Waals surface area contributed by atoms with Crippen LogP contribution in [0.3, 0.4) is 0 Å². The molecule has 0 aliphatic rings. The summed E-state index contributed by atoms with van der Waals surface area (Å²) in [6, 6.07) is 11.2. The minimum atomic E-state index is 0.213. The average molecular weight is 282 g/mol. The molecule has 2 aromatic rings. The van der Waals surface area contributed by atoms with Crippen LogP contribution in [0.4, 0.5) is 0 Å². The number of halogens is 1. The molecular formula is C11H8BrNOS. The average Bonchev–Trinajstić information content (AvgIpc) is 2.25. The topological polar surface area (TPSA) is 33.1 Å². The highest BCUT2D eigenvalue weighted by Gasteiger charge is 2.03. The van der Waals surface area contributed by atoms with Gasteiger partial charge in [0.05, 0.1) is 0 Å². The van der Waals surface area contributed by atoms with E-state index in [0.29, 0.717) is 5.03 Å². The maximum atomic E-state index is 9.53. The van der Waals surface area contributed by atoms with Gasteiger partial charge < -0.3 is 5.11 Å². The fraction of sp³-hybridized carbons (Fsp3) is 0. The standard InChI is InChI=1S/C11H8BrNOS/c12-8-3-5-9(6-4-8)15-11-10(14)2-1-7-13-11/h1-7,14H. The first kappa shape index (κ1) is 10.5. The molecule has 0 spiro atoms. The van der Waals surface area contributed by atoms with E-state index in [-0.39, 0.29) is 5.75 Å². The highest BCUT2D eigenvalue weighted by molar-refractivity contribution is 9.10. The SMILES string of the molecule is Oc1cccnc1Sc1ccc(Br)cc1. The van der Waals surface area contributed by atoms with Crippen molar-refractivity contribution in [2.45, 2.75) is 9.92 Å². The van der Waals surface area contributed by atoms with E-state index in [1.54, 1.807) is 18.3 Å². The number of hydrogen-bond donors (Lipinski definition) is 1. The summed E-state index contributed by atoms with van der Waals surface area (Å²) in [5.74, 6) is 0.213. The number of nitrogens with zero attached hydrogens (tertiary/aromatic N) is 1. The molecule has 2 nitrogen and oxygen atoms in total. The molecule has 76 valence electrons. The Labute approximate surface area is 100 Å². The molecule has 0 fully saturated rings. The summed E-state index contributed by atoms with van der Waals surface area (Å²) in [7, 11) is 0. The van der Waals surface area contributed by atoms with E-state index in [0.717, 1.165) is 9.37 Å². The molecule has 0 bridgehead atoms. The molecule has 15 heavy (non-hydrogen) atoms. The second-order valence-electron chi connectivity index (χ2n) is 2.88. The highest BCUT2D eigenvalue weighted by atomic mass is 79.9. The van der Waals surface area contributed by atoms with Crippen molar-refractivity contribution in [1.82, 2.24) is 4.98 Å². The van der Waals surface area contributed by atoms with Crippen LogP contribution in [-0.2, 0) is 0 Å². The summed E-state index contributed by atoms with van der Waals surface area (Å²) in [6.07, 6.45) is 1.67. The summed E-state index contributed by atoms with van der Waals surface area (Å²) in [4.78, 5) is 5.15. The van der Waals surface area contributed by atoms with Crippen molar-refractivity contribution in [1.29, 1.82) is 0 Å². The number of pyridine rings is 1. The van der Waals surface area contributed by atoms with Crippen molar-refractivity contribution in [3.8, 4) is 5.75 Å². The molecular weight excluding hydrogens is 274 g/mol. The molecule has 0 unspecified atom stereocenters. The van der Waals surface area contributed by atoms with Crippen LogP contribution in [0, 0.1) is 0 Å². The lowest BCUT2D eigenvalue weighted by Gasteiger charge is -2.02. The van der Waals surface area contributed by atoms with Crippen molar-refractivity contribution >= 4 is 27.7 Å². The first-order valence-corrected chi connectivity index (χ1v) is 5.94. The molecule has 0 saturated heterocycles. The zero-order valence-electron chi connectivity index (χ0n) is 7.72. The van der Waals surface area contributed by atoms with E-state index < -0.39 is 0 Å². The molecule has 1 aromatic carbocycles. The Bertz CT molecular complexity index is 458. The van der Waals surface area contributed by atoms with Crippen LogP contribution >= 0.6 is 27.7 Å². The Balaban J connectivity index is 2.22. The summed E-state index contributed by atoms with van der Waals surface area (Å²) >= 11 is 4.81. The third kappa shape index (κ3) is 2.73. The molecule has 4 heteroatoms. The van der Waals surface area contributed by atoms with Gasteiger partial charge in [0.2, 0.25) is 0 Å². The van der Waals surface area contributed by atoms with Gasteiger partial charge in [-0.2, -0.15) is 0 Å². The monoisotopic (exact) mass is 281 g/mol. The predicted octanol–water partition coefficient (Wildman–Crippen LogP) is 3.70. The van der Waals surface area contributed by atoms with Crippen molar-refractivity contribution < 1.29 is 5.11 Å². The number of aromatic nitrogens is 1. The molecule has 0 amide bonds. The summed E-state index contributed by atoms with van der Waals surface area (Å²) < 4.78 is 1.04. The first-order valence-electron chi connectivity index (χ1n) is 4.33. The van der Waals surface area contributed by atoms with Crippen LogP contribution < -0.4 is 0 Å². The van der Waals surface area contributed by atoms with E-state index in [1.807, 2.05) is 24.3 Å². The quantitative estimate of drug-likeness (QED) is 0.911. The van der Waals surface area contributed by atoms with Crippen molar-refractivity contribution in [3.63, 3.8) is 0 Å². The summed E-state index contributed by atoms with van der Waals surface area (Å²) in [6.45, 7) is 0. The maximum Gasteiger partial charge on any atom is 0.148 e. The Morgan fingerprint density at radius 3 is 2.53 bits per heavy atom. The van der Waals surface area contributed by atoms with Crippen LogP contribution in [0.2, 0.25) is 0 Å². The minimum Gasteiger partial charge on any atom is -0.505 e. The van der Waals surface area contributed by atoms with Gasteiger partial charge in [0.25, 0.3) is 0 Å². The normalized spacial score (nSPS) is 10.2. The fourth-order valence-corrected chi connectivity index (χ4v) is 2.12. The molecule has 0 aliphatic heterocycles. The third-order valence-electron chi connectivity index (χ3n) is 1.78.